The average molecular weight is 270 g/mol. The second kappa shape index (κ2) is 6.31. The Morgan fingerprint density at radius 3 is 2.22 bits per heavy atom. The van der Waals surface area contributed by atoms with E-state index in [4.69, 9.17) is 5.73 Å². The molecule has 0 aliphatic rings. The zero-order valence-corrected chi connectivity index (χ0v) is 12.0. The molecule has 0 aliphatic carbocycles. The first-order chi connectivity index (χ1) is 8.40. The molecule has 0 amide bonds. The van der Waals surface area contributed by atoms with Crippen LogP contribution in [0.3, 0.4) is 0 Å². The third-order valence-corrected chi connectivity index (χ3v) is 4.69. The molecule has 102 valence electrons. The van der Waals surface area contributed by atoms with Crippen molar-refractivity contribution in [1.82, 2.24) is 4.72 Å². The lowest BCUT2D eigenvalue weighted by molar-refractivity contribution is 0.562. The van der Waals surface area contributed by atoms with E-state index >= 15 is 0 Å². The van der Waals surface area contributed by atoms with Crippen molar-refractivity contribution in [3.05, 3.63) is 29.8 Å². The monoisotopic (exact) mass is 270 g/mol. The second-order valence-corrected chi connectivity index (χ2v) is 6.35. The second-order valence-electron chi connectivity index (χ2n) is 4.64. The van der Waals surface area contributed by atoms with Gasteiger partial charge in [0.1, 0.15) is 0 Å². The zero-order valence-electron chi connectivity index (χ0n) is 11.2. The Labute approximate surface area is 110 Å². The van der Waals surface area contributed by atoms with Gasteiger partial charge in [-0.05, 0) is 37.0 Å². The molecule has 0 aromatic heterocycles. The largest absolute Gasteiger partial charge is 0.329 e. The highest BCUT2D eigenvalue weighted by atomic mass is 32.2. The van der Waals surface area contributed by atoms with Gasteiger partial charge in [-0.1, -0.05) is 26.0 Å². The number of nitrogens with one attached hydrogen (secondary N) is 1. The summed E-state index contributed by atoms with van der Waals surface area (Å²) in [5.41, 5.74) is 6.57. The van der Waals surface area contributed by atoms with Crippen molar-refractivity contribution >= 4 is 10.0 Å². The highest BCUT2D eigenvalue weighted by Gasteiger charge is 2.16. The van der Waals surface area contributed by atoms with Gasteiger partial charge in [0.25, 0.3) is 0 Å². The first kappa shape index (κ1) is 15.1. The lowest BCUT2D eigenvalue weighted by Crippen LogP contribution is -2.37. The SMILES string of the molecule is CCC(C)c1ccc(S(=O)(=O)N[C@H](C)CN)cc1. The van der Waals surface area contributed by atoms with Crippen molar-refractivity contribution in [1.29, 1.82) is 0 Å². The summed E-state index contributed by atoms with van der Waals surface area (Å²) in [5.74, 6) is 0.442. The van der Waals surface area contributed by atoms with E-state index in [0.717, 1.165) is 12.0 Å². The van der Waals surface area contributed by atoms with Gasteiger partial charge >= 0.3 is 0 Å². The highest BCUT2D eigenvalue weighted by Crippen LogP contribution is 2.20. The van der Waals surface area contributed by atoms with E-state index in [9.17, 15) is 8.42 Å². The lowest BCUT2D eigenvalue weighted by Gasteiger charge is -2.13. The van der Waals surface area contributed by atoms with Crippen LogP contribution in [0, 0.1) is 0 Å². The molecule has 0 spiro atoms. The number of benzene rings is 1. The number of hydrogen-bond acceptors (Lipinski definition) is 3. The first-order valence-electron chi connectivity index (χ1n) is 6.23. The molecule has 0 radical (unpaired) electrons. The predicted molar refractivity (Wildman–Crippen MR) is 74.0 cm³/mol. The Kier molecular flexibility index (Phi) is 5.31. The lowest BCUT2D eigenvalue weighted by atomic mass is 9.99. The molecule has 1 aromatic rings. The van der Waals surface area contributed by atoms with Gasteiger partial charge in [-0.25, -0.2) is 13.1 Å². The fourth-order valence-electron chi connectivity index (χ4n) is 1.59. The fourth-order valence-corrected chi connectivity index (χ4v) is 2.85. The fraction of sp³-hybridized carbons (Fsp3) is 0.538. The van der Waals surface area contributed by atoms with Gasteiger partial charge in [0.15, 0.2) is 0 Å². The van der Waals surface area contributed by atoms with E-state index in [-0.39, 0.29) is 17.5 Å². The molecule has 18 heavy (non-hydrogen) atoms. The van der Waals surface area contributed by atoms with Crippen LogP contribution in [0.5, 0.6) is 0 Å². The quantitative estimate of drug-likeness (QED) is 0.828. The summed E-state index contributed by atoms with van der Waals surface area (Å²) in [4.78, 5) is 0.287. The maximum Gasteiger partial charge on any atom is 0.240 e. The van der Waals surface area contributed by atoms with Gasteiger partial charge in [-0.2, -0.15) is 0 Å². The summed E-state index contributed by atoms with van der Waals surface area (Å²) < 4.78 is 26.5. The number of rotatable bonds is 6. The van der Waals surface area contributed by atoms with Gasteiger partial charge in [-0.3, -0.25) is 0 Å². The Hall–Kier alpha value is -0.910. The maximum atomic E-state index is 12.0. The summed E-state index contributed by atoms with van der Waals surface area (Å²) in [6, 6.07) is 6.77. The molecular weight excluding hydrogens is 248 g/mol. The summed E-state index contributed by atoms with van der Waals surface area (Å²) in [5, 5.41) is 0. The number of nitrogens with two attached hydrogens (primary N) is 1. The molecule has 4 nitrogen and oxygen atoms in total. The van der Waals surface area contributed by atoms with Gasteiger partial charge in [0, 0.05) is 12.6 Å². The van der Waals surface area contributed by atoms with Crippen LogP contribution in [0.1, 0.15) is 38.7 Å². The molecule has 2 atom stereocenters. The molecule has 0 fully saturated rings. The number of sulfonamides is 1. The smallest absolute Gasteiger partial charge is 0.240 e. The molecule has 1 rings (SSSR count). The predicted octanol–water partition coefficient (Wildman–Crippen LogP) is 1.83. The Balaban J connectivity index is 2.91. The minimum absolute atomic E-state index is 0.260. The summed E-state index contributed by atoms with van der Waals surface area (Å²) in [6.45, 7) is 6.26. The van der Waals surface area contributed by atoms with E-state index < -0.39 is 10.0 Å². The standard InChI is InChI=1S/C13H22N2O2S/c1-4-10(2)12-5-7-13(8-6-12)18(16,17)15-11(3)9-14/h5-8,10-11,15H,4,9,14H2,1-3H3/t10?,11-/m1/s1. The van der Waals surface area contributed by atoms with Crippen LogP contribution in [0.25, 0.3) is 0 Å². The van der Waals surface area contributed by atoms with Crippen molar-refractivity contribution in [3.8, 4) is 0 Å². The molecule has 0 bridgehead atoms. The third kappa shape index (κ3) is 3.80. The summed E-state index contributed by atoms with van der Waals surface area (Å²) >= 11 is 0. The molecular formula is C13H22N2O2S. The maximum absolute atomic E-state index is 12.0. The summed E-state index contributed by atoms with van der Waals surface area (Å²) in [6.07, 6.45) is 1.04. The van der Waals surface area contributed by atoms with Crippen LogP contribution in [0.15, 0.2) is 29.2 Å². The van der Waals surface area contributed by atoms with Gasteiger partial charge in [-0.15, -0.1) is 0 Å². The topological polar surface area (TPSA) is 72.2 Å². The van der Waals surface area contributed by atoms with Gasteiger partial charge in [0.2, 0.25) is 10.0 Å². The van der Waals surface area contributed by atoms with Crippen molar-refractivity contribution < 1.29 is 8.42 Å². The molecule has 0 saturated carbocycles. The zero-order chi connectivity index (χ0) is 13.8. The van der Waals surface area contributed by atoms with Crippen LogP contribution in [0.4, 0.5) is 0 Å². The molecule has 5 heteroatoms. The molecule has 1 aromatic carbocycles. The van der Waals surface area contributed by atoms with E-state index in [2.05, 4.69) is 18.6 Å². The summed E-state index contributed by atoms with van der Waals surface area (Å²) in [7, 11) is -3.45. The molecule has 1 unspecified atom stereocenters. The van der Waals surface area contributed by atoms with E-state index in [0.29, 0.717) is 5.92 Å². The van der Waals surface area contributed by atoms with Crippen molar-refractivity contribution in [2.24, 2.45) is 5.73 Å². The molecule has 3 N–H and O–H groups in total. The van der Waals surface area contributed by atoms with E-state index in [1.165, 1.54) is 0 Å². The van der Waals surface area contributed by atoms with Gasteiger partial charge in [0.05, 0.1) is 4.90 Å². The van der Waals surface area contributed by atoms with Crippen LogP contribution < -0.4 is 10.5 Å². The molecule has 0 saturated heterocycles. The first-order valence-corrected chi connectivity index (χ1v) is 7.71. The minimum Gasteiger partial charge on any atom is -0.329 e. The molecule has 0 aliphatic heterocycles. The van der Waals surface area contributed by atoms with Crippen LogP contribution in [-0.2, 0) is 10.0 Å². The Morgan fingerprint density at radius 1 is 1.22 bits per heavy atom. The van der Waals surface area contributed by atoms with Crippen LogP contribution in [0.2, 0.25) is 0 Å². The normalized spacial score (nSPS) is 15.3. The van der Waals surface area contributed by atoms with Crippen molar-refractivity contribution in [2.45, 2.75) is 44.0 Å². The molecule has 0 heterocycles. The number of hydrogen-bond donors (Lipinski definition) is 2. The Morgan fingerprint density at radius 2 is 1.78 bits per heavy atom. The van der Waals surface area contributed by atoms with Gasteiger partial charge < -0.3 is 5.73 Å². The average Bonchev–Trinajstić information content (AvgIpc) is 2.37. The van der Waals surface area contributed by atoms with Crippen LogP contribution in [-0.4, -0.2) is 21.0 Å². The van der Waals surface area contributed by atoms with Crippen molar-refractivity contribution in [3.63, 3.8) is 0 Å². The third-order valence-electron chi connectivity index (χ3n) is 3.08. The van der Waals surface area contributed by atoms with Crippen LogP contribution >= 0.6 is 0 Å². The van der Waals surface area contributed by atoms with Crippen molar-refractivity contribution in [2.75, 3.05) is 6.54 Å². The van der Waals surface area contributed by atoms with E-state index in [1.54, 1.807) is 19.1 Å². The highest BCUT2D eigenvalue weighted by molar-refractivity contribution is 7.89. The minimum atomic E-state index is -3.45. The Bertz CT molecular complexity index is 468. The van der Waals surface area contributed by atoms with E-state index in [1.807, 2.05) is 12.1 Å².